The van der Waals surface area contributed by atoms with Crippen molar-refractivity contribution in [3.63, 3.8) is 0 Å². The minimum Gasteiger partial charge on any atom is -0.393 e. The second kappa shape index (κ2) is 6.81. The van der Waals surface area contributed by atoms with Gasteiger partial charge in [0.05, 0.1) is 11.8 Å². The van der Waals surface area contributed by atoms with Gasteiger partial charge in [0.15, 0.2) is 0 Å². The summed E-state index contributed by atoms with van der Waals surface area (Å²) in [5.74, 6) is -0.0714. The minimum atomic E-state index is -0.419. The molecule has 1 amide bonds. The van der Waals surface area contributed by atoms with E-state index in [2.05, 4.69) is 10.2 Å². The molecule has 0 unspecified atom stereocenters. The van der Waals surface area contributed by atoms with Crippen LogP contribution in [0.15, 0.2) is 24.3 Å². The Balaban J connectivity index is 1.68. The van der Waals surface area contributed by atoms with Gasteiger partial charge in [-0.3, -0.25) is 4.79 Å². The van der Waals surface area contributed by atoms with Crippen molar-refractivity contribution < 1.29 is 14.3 Å². The number of nitrogens with one attached hydrogen (secondary N) is 1. The number of aliphatic hydroxyl groups excluding tert-OH is 1. The van der Waals surface area contributed by atoms with Crippen molar-refractivity contribution >= 4 is 11.6 Å². The average molecular weight is 280 g/mol. The third-order valence-electron chi connectivity index (χ3n) is 3.65. The number of halogens is 1. The lowest BCUT2D eigenvalue weighted by molar-refractivity contribution is -0.116. The van der Waals surface area contributed by atoms with Crippen LogP contribution in [0.4, 0.5) is 10.1 Å². The zero-order chi connectivity index (χ0) is 14.5. The molecule has 2 N–H and O–H groups in total. The maximum atomic E-state index is 13.4. The Hall–Kier alpha value is -1.46. The van der Waals surface area contributed by atoms with Gasteiger partial charge in [-0.05, 0) is 37.9 Å². The van der Waals surface area contributed by atoms with Gasteiger partial charge in [0.1, 0.15) is 5.82 Å². The van der Waals surface area contributed by atoms with Crippen LogP contribution in [0.3, 0.4) is 0 Å². The van der Waals surface area contributed by atoms with Crippen LogP contribution < -0.4 is 5.32 Å². The first kappa shape index (κ1) is 14.9. The highest BCUT2D eigenvalue weighted by Crippen LogP contribution is 2.27. The monoisotopic (exact) mass is 280 g/mol. The zero-order valence-corrected chi connectivity index (χ0v) is 11.7. The van der Waals surface area contributed by atoms with E-state index in [1.165, 1.54) is 6.07 Å². The van der Waals surface area contributed by atoms with E-state index in [0.29, 0.717) is 18.9 Å². The zero-order valence-electron chi connectivity index (χ0n) is 11.7. The van der Waals surface area contributed by atoms with E-state index >= 15 is 0 Å². The van der Waals surface area contributed by atoms with E-state index in [9.17, 15) is 14.3 Å². The van der Waals surface area contributed by atoms with Crippen molar-refractivity contribution in [1.82, 2.24) is 4.90 Å². The topological polar surface area (TPSA) is 52.6 Å². The van der Waals surface area contributed by atoms with Crippen LogP contribution in [0.2, 0.25) is 0 Å². The summed E-state index contributed by atoms with van der Waals surface area (Å²) < 4.78 is 13.4. The fourth-order valence-electron chi connectivity index (χ4n) is 2.45. The maximum Gasteiger partial charge on any atom is 0.225 e. The van der Waals surface area contributed by atoms with Crippen LogP contribution in [-0.4, -0.2) is 42.2 Å². The molecule has 0 aromatic heterocycles. The van der Waals surface area contributed by atoms with Crippen LogP contribution in [0.5, 0.6) is 0 Å². The van der Waals surface area contributed by atoms with Crippen molar-refractivity contribution in [1.29, 1.82) is 0 Å². The fourth-order valence-corrected chi connectivity index (χ4v) is 2.45. The molecule has 0 bridgehead atoms. The molecule has 0 radical (unpaired) electrons. The van der Waals surface area contributed by atoms with Crippen LogP contribution in [0.1, 0.15) is 19.3 Å². The van der Waals surface area contributed by atoms with E-state index in [-0.39, 0.29) is 17.7 Å². The van der Waals surface area contributed by atoms with Gasteiger partial charge in [0.25, 0.3) is 0 Å². The molecule has 1 aromatic rings. The largest absolute Gasteiger partial charge is 0.393 e. The van der Waals surface area contributed by atoms with Gasteiger partial charge < -0.3 is 15.3 Å². The number of carbonyl (C=O) groups excluding carboxylic acids is 1. The van der Waals surface area contributed by atoms with E-state index in [1.807, 2.05) is 7.05 Å². The molecule has 110 valence electrons. The molecule has 1 aliphatic rings. The predicted molar refractivity (Wildman–Crippen MR) is 75.9 cm³/mol. The Labute approximate surface area is 118 Å². The average Bonchev–Trinajstić information content (AvgIpc) is 2.37. The third-order valence-corrected chi connectivity index (χ3v) is 3.65. The summed E-state index contributed by atoms with van der Waals surface area (Å²) in [5, 5.41) is 11.8. The van der Waals surface area contributed by atoms with Crippen LogP contribution in [0, 0.1) is 11.7 Å². The van der Waals surface area contributed by atoms with Crippen molar-refractivity contribution in [2.75, 3.05) is 25.5 Å². The molecule has 1 aromatic carbocycles. The number of anilines is 1. The maximum absolute atomic E-state index is 13.4. The molecule has 0 spiro atoms. The third kappa shape index (κ3) is 4.28. The Morgan fingerprint density at radius 1 is 1.45 bits per heavy atom. The molecule has 0 heterocycles. The number of nitrogens with zero attached hydrogens (tertiary/aromatic N) is 1. The summed E-state index contributed by atoms with van der Waals surface area (Å²) in [5.41, 5.74) is 0.224. The first-order valence-corrected chi connectivity index (χ1v) is 6.95. The molecule has 0 saturated heterocycles. The molecule has 0 atom stereocenters. The summed E-state index contributed by atoms with van der Waals surface area (Å²) in [6.07, 6.45) is 1.90. The molecule has 20 heavy (non-hydrogen) atoms. The summed E-state index contributed by atoms with van der Waals surface area (Å²) in [7, 11) is 1.96. The molecular weight excluding hydrogens is 259 g/mol. The smallest absolute Gasteiger partial charge is 0.225 e. The molecule has 1 fully saturated rings. The van der Waals surface area contributed by atoms with Gasteiger partial charge in [0, 0.05) is 19.5 Å². The number of hydrogen-bond donors (Lipinski definition) is 2. The second-order valence-corrected chi connectivity index (χ2v) is 5.53. The molecule has 1 saturated carbocycles. The molecule has 1 aliphatic carbocycles. The lowest BCUT2D eigenvalue weighted by Crippen LogP contribution is -2.38. The second-order valence-electron chi connectivity index (χ2n) is 5.53. The first-order valence-electron chi connectivity index (χ1n) is 6.95. The van der Waals surface area contributed by atoms with Gasteiger partial charge in [-0.25, -0.2) is 4.39 Å². The predicted octanol–water partition coefficient (Wildman–Crippen LogP) is 1.86. The van der Waals surface area contributed by atoms with Crippen molar-refractivity contribution in [2.24, 2.45) is 5.92 Å². The van der Waals surface area contributed by atoms with Crippen LogP contribution in [-0.2, 0) is 4.79 Å². The summed E-state index contributed by atoms with van der Waals surface area (Å²) in [6, 6.07) is 6.15. The number of aliphatic hydroxyl groups is 1. The summed E-state index contributed by atoms with van der Waals surface area (Å²) in [4.78, 5) is 13.8. The normalized spacial score (nSPS) is 21.6. The Kier molecular flexibility index (Phi) is 5.09. The lowest BCUT2D eigenvalue weighted by Gasteiger charge is -2.34. The molecule has 4 nitrogen and oxygen atoms in total. The Bertz CT molecular complexity index is 461. The molecular formula is C15H21FN2O2. The van der Waals surface area contributed by atoms with Gasteiger partial charge >= 0.3 is 0 Å². The van der Waals surface area contributed by atoms with E-state index in [0.717, 1.165) is 19.4 Å². The van der Waals surface area contributed by atoms with Crippen LogP contribution >= 0.6 is 0 Å². The quantitative estimate of drug-likeness (QED) is 0.836. The van der Waals surface area contributed by atoms with Crippen molar-refractivity contribution in [2.45, 2.75) is 25.4 Å². The number of amides is 1. The Morgan fingerprint density at radius 3 is 2.80 bits per heavy atom. The van der Waals surface area contributed by atoms with Crippen molar-refractivity contribution in [3.05, 3.63) is 30.1 Å². The number of para-hydroxylation sites is 1. The van der Waals surface area contributed by atoms with Gasteiger partial charge in [-0.2, -0.15) is 0 Å². The van der Waals surface area contributed by atoms with Gasteiger partial charge in [0.2, 0.25) is 5.91 Å². The summed E-state index contributed by atoms with van der Waals surface area (Å²) in [6.45, 7) is 1.52. The molecule has 5 heteroatoms. The fraction of sp³-hybridized carbons (Fsp3) is 0.533. The first-order chi connectivity index (χ1) is 9.54. The minimum absolute atomic E-state index is 0.141. The highest BCUT2D eigenvalue weighted by molar-refractivity contribution is 5.90. The molecule has 2 rings (SSSR count). The number of benzene rings is 1. The van der Waals surface area contributed by atoms with E-state index in [1.54, 1.807) is 18.2 Å². The van der Waals surface area contributed by atoms with E-state index < -0.39 is 5.82 Å². The standard InChI is InChI=1S/C15H21FN2O2/c1-18(10-11-8-12(19)9-11)7-6-15(20)17-14-5-3-2-4-13(14)16/h2-5,11-12,19H,6-10H2,1H3,(H,17,20). The van der Waals surface area contributed by atoms with E-state index in [4.69, 9.17) is 0 Å². The molecule has 0 aliphatic heterocycles. The lowest BCUT2D eigenvalue weighted by atomic mass is 9.82. The van der Waals surface area contributed by atoms with Gasteiger partial charge in [-0.15, -0.1) is 0 Å². The van der Waals surface area contributed by atoms with Crippen molar-refractivity contribution in [3.8, 4) is 0 Å². The van der Waals surface area contributed by atoms with Gasteiger partial charge in [-0.1, -0.05) is 12.1 Å². The number of hydrogen-bond acceptors (Lipinski definition) is 3. The highest BCUT2D eigenvalue weighted by atomic mass is 19.1. The SMILES string of the molecule is CN(CCC(=O)Nc1ccccc1F)CC1CC(O)C1. The number of carbonyl (C=O) groups is 1. The number of rotatable bonds is 6. The Morgan fingerprint density at radius 2 is 2.15 bits per heavy atom. The van der Waals surface area contributed by atoms with Crippen LogP contribution in [0.25, 0.3) is 0 Å². The summed E-state index contributed by atoms with van der Waals surface area (Å²) >= 11 is 0. The highest BCUT2D eigenvalue weighted by Gasteiger charge is 2.27.